The van der Waals surface area contributed by atoms with E-state index in [0.29, 0.717) is 0 Å². The standard InChI is InChI=1S/C14H22FNO4/c1-13(2,3)20-12(18)16-7-6-10(8-15)14(4,9-16)11(17)19-5/h8H,6-7,9H2,1-5H3/t14-/m1/s1/i4D3. The molecule has 0 aliphatic carbocycles. The number of amides is 1. The Bertz CT molecular complexity index is 513. The summed E-state index contributed by atoms with van der Waals surface area (Å²) in [6, 6.07) is 0. The number of likely N-dealkylation sites (tertiary alicyclic amines) is 1. The Morgan fingerprint density at radius 3 is 2.60 bits per heavy atom. The summed E-state index contributed by atoms with van der Waals surface area (Å²) in [7, 11) is 1.03. The van der Waals surface area contributed by atoms with E-state index in [0.717, 1.165) is 12.0 Å². The van der Waals surface area contributed by atoms with Crippen molar-refractivity contribution in [3.05, 3.63) is 11.9 Å². The van der Waals surface area contributed by atoms with Crippen LogP contribution in [0.15, 0.2) is 11.9 Å². The molecular formula is C14H22FNO4. The van der Waals surface area contributed by atoms with E-state index in [4.69, 9.17) is 8.85 Å². The third-order valence-electron chi connectivity index (χ3n) is 2.94. The van der Waals surface area contributed by atoms with Gasteiger partial charge in [-0.3, -0.25) is 4.79 Å². The summed E-state index contributed by atoms with van der Waals surface area (Å²) in [4.78, 5) is 25.5. The topological polar surface area (TPSA) is 55.8 Å². The van der Waals surface area contributed by atoms with Crippen LogP contribution in [0.25, 0.3) is 0 Å². The lowest BCUT2D eigenvalue weighted by molar-refractivity contribution is -0.151. The Labute approximate surface area is 122 Å². The van der Waals surface area contributed by atoms with Gasteiger partial charge in [-0.1, -0.05) is 0 Å². The monoisotopic (exact) mass is 290 g/mol. The Morgan fingerprint density at radius 2 is 2.15 bits per heavy atom. The molecule has 1 rings (SSSR count). The van der Waals surface area contributed by atoms with E-state index >= 15 is 0 Å². The number of ether oxygens (including phenoxy) is 2. The van der Waals surface area contributed by atoms with Gasteiger partial charge >= 0.3 is 12.1 Å². The zero-order valence-electron chi connectivity index (χ0n) is 15.2. The third kappa shape index (κ3) is 3.49. The molecule has 6 heteroatoms. The molecule has 0 radical (unpaired) electrons. The first kappa shape index (κ1) is 12.2. The molecule has 1 aliphatic rings. The predicted molar refractivity (Wildman–Crippen MR) is 71.7 cm³/mol. The second-order valence-corrected chi connectivity index (χ2v) is 5.68. The minimum atomic E-state index is -2.88. The van der Waals surface area contributed by atoms with E-state index in [1.807, 2.05) is 0 Å². The summed E-state index contributed by atoms with van der Waals surface area (Å²) >= 11 is 0. The van der Waals surface area contributed by atoms with Crippen LogP contribution in [0.4, 0.5) is 9.18 Å². The molecule has 0 aromatic rings. The molecule has 1 fully saturated rings. The van der Waals surface area contributed by atoms with Crippen molar-refractivity contribution < 1.29 is 27.6 Å². The van der Waals surface area contributed by atoms with Crippen LogP contribution in [-0.2, 0) is 14.3 Å². The highest BCUT2D eigenvalue weighted by molar-refractivity contribution is 5.82. The number of carbonyl (C=O) groups is 2. The van der Waals surface area contributed by atoms with Crippen LogP contribution >= 0.6 is 0 Å². The molecule has 1 heterocycles. The smallest absolute Gasteiger partial charge is 0.410 e. The molecule has 0 aromatic heterocycles. The zero-order chi connectivity index (χ0) is 18.1. The van der Waals surface area contributed by atoms with Crippen LogP contribution in [0.5, 0.6) is 0 Å². The first-order chi connectivity index (χ1) is 10.4. The van der Waals surface area contributed by atoms with Gasteiger partial charge in [-0.05, 0) is 39.6 Å². The summed E-state index contributed by atoms with van der Waals surface area (Å²) in [5, 5.41) is 0. The van der Waals surface area contributed by atoms with Gasteiger partial charge in [0.2, 0.25) is 0 Å². The quantitative estimate of drug-likeness (QED) is 0.697. The van der Waals surface area contributed by atoms with Gasteiger partial charge < -0.3 is 14.4 Å². The fraction of sp³-hybridized carbons (Fsp3) is 0.714. The van der Waals surface area contributed by atoms with Crippen molar-refractivity contribution in [1.82, 2.24) is 4.90 Å². The lowest BCUT2D eigenvalue weighted by atomic mass is 9.78. The maximum atomic E-state index is 13.2. The van der Waals surface area contributed by atoms with Crippen molar-refractivity contribution in [2.45, 2.75) is 39.6 Å². The van der Waals surface area contributed by atoms with Crippen molar-refractivity contribution in [3.8, 4) is 0 Å². The number of halogens is 1. The average molecular weight is 290 g/mol. The van der Waals surface area contributed by atoms with Gasteiger partial charge in [0.15, 0.2) is 0 Å². The lowest BCUT2D eigenvalue weighted by Crippen LogP contribution is -2.51. The Morgan fingerprint density at radius 1 is 1.50 bits per heavy atom. The molecule has 114 valence electrons. The van der Waals surface area contributed by atoms with Crippen molar-refractivity contribution in [2.24, 2.45) is 5.41 Å². The highest BCUT2D eigenvalue weighted by Crippen LogP contribution is 2.36. The van der Waals surface area contributed by atoms with E-state index < -0.39 is 36.5 Å². The van der Waals surface area contributed by atoms with E-state index in [1.165, 1.54) is 0 Å². The van der Waals surface area contributed by atoms with Gasteiger partial charge in [0, 0.05) is 17.2 Å². The number of methoxy groups -OCH3 is 1. The predicted octanol–water partition coefficient (Wildman–Crippen LogP) is 2.66. The number of esters is 1. The molecule has 1 amide bonds. The summed E-state index contributed by atoms with van der Waals surface area (Å²) in [5.74, 6) is -1.10. The van der Waals surface area contributed by atoms with Crippen LogP contribution in [0, 0.1) is 5.41 Å². The SMILES string of the molecule is [2H]C([2H])([2H])[C@@]1(C(=O)OC)CN(C(=O)OC(C)(C)C)CCC1=CF. The molecule has 1 atom stereocenters. The Hall–Kier alpha value is -1.59. The Kier molecular flexibility index (Phi) is 3.54. The third-order valence-corrected chi connectivity index (χ3v) is 2.94. The number of hydrogen-bond donors (Lipinski definition) is 0. The minimum Gasteiger partial charge on any atom is -0.468 e. The number of nitrogens with zero attached hydrogens (tertiary/aromatic N) is 1. The molecule has 20 heavy (non-hydrogen) atoms. The molecule has 0 aromatic carbocycles. The summed E-state index contributed by atoms with van der Waals surface area (Å²) in [6.07, 6.45) is -0.730. The van der Waals surface area contributed by atoms with Crippen molar-refractivity contribution in [3.63, 3.8) is 0 Å². The second kappa shape index (κ2) is 5.81. The van der Waals surface area contributed by atoms with Crippen LogP contribution < -0.4 is 0 Å². The molecule has 1 saturated heterocycles. The van der Waals surface area contributed by atoms with Crippen LogP contribution in [-0.4, -0.2) is 42.8 Å². The highest BCUT2D eigenvalue weighted by atomic mass is 19.1. The number of piperidine rings is 1. The molecule has 0 saturated carbocycles. The maximum absolute atomic E-state index is 13.2. The second-order valence-electron chi connectivity index (χ2n) is 5.68. The molecule has 5 nitrogen and oxygen atoms in total. The molecule has 0 bridgehead atoms. The first-order valence-electron chi connectivity index (χ1n) is 7.75. The first-order valence-corrected chi connectivity index (χ1v) is 6.25. The van der Waals surface area contributed by atoms with Gasteiger partial charge in [0.1, 0.15) is 11.0 Å². The van der Waals surface area contributed by atoms with Gasteiger partial charge in [-0.25, -0.2) is 9.18 Å². The van der Waals surface area contributed by atoms with Crippen LogP contribution in [0.2, 0.25) is 0 Å². The lowest BCUT2D eigenvalue weighted by Gasteiger charge is -2.40. The number of carbonyl (C=O) groups excluding carboxylic acids is 2. The molecular weight excluding hydrogens is 265 g/mol. The molecule has 0 unspecified atom stereocenters. The number of hydrogen-bond acceptors (Lipinski definition) is 4. The summed E-state index contributed by atoms with van der Waals surface area (Å²) in [6.45, 7) is 1.65. The highest BCUT2D eigenvalue weighted by Gasteiger charge is 2.45. The van der Waals surface area contributed by atoms with E-state index in [2.05, 4.69) is 4.74 Å². The van der Waals surface area contributed by atoms with Crippen molar-refractivity contribution >= 4 is 12.1 Å². The molecule has 0 N–H and O–H groups in total. The fourth-order valence-corrected chi connectivity index (χ4v) is 1.94. The van der Waals surface area contributed by atoms with Gasteiger partial charge in [0.05, 0.1) is 13.4 Å². The van der Waals surface area contributed by atoms with Gasteiger partial charge in [0.25, 0.3) is 0 Å². The normalized spacial score (nSPS) is 28.4. The Balaban J connectivity index is 3.25. The van der Waals surface area contributed by atoms with Gasteiger partial charge in [-0.15, -0.1) is 0 Å². The zero-order valence-corrected chi connectivity index (χ0v) is 12.2. The fourth-order valence-electron chi connectivity index (χ4n) is 1.94. The van der Waals surface area contributed by atoms with E-state index in [9.17, 15) is 14.0 Å². The number of rotatable bonds is 1. The summed E-state index contributed by atoms with van der Waals surface area (Å²) in [5.41, 5.74) is -3.21. The van der Waals surface area contributed by atoms with E-state index in [-0.39, 0.29) is 24.9 Å². The summed E-state index contributed by atoms with van der Waals surface area (Å²) < 4.78 is 46.1. The van der Waals surface area contributed by atoms with E-state index in [1.54, 1.807) is 20.8 Å². The van der Waals surface area contributed by atoms with Gasteiger partial charge in [-0.2, -0.15) is 0 Å². The van der Waals surface area contributed by atoms with Crippen molar-refractivity contribution in [2.75, 3.05) is 20.2 Å². The minimum absolute atomic E-state index is 0.0551. The average Bonchev–Trinajstić information content (AvgIpc) is 2.42. The maximum Gasteiger partial charge on any atom is 0.410 e. The molecule has 1 aliphatic heterocycles. The van der Waals surface area contributed by atoms with Crippen molar-refractivity contribution in [1.29, 1.82) is 0 Å². The largest absolute Gasteiger partial charge is 0.468 e. The van der Waals surface area contributed by atoms with Crippen LogP contribution in [0.1, 0.15) is 38.2 Å². The molecule has 0 spiro atoms. The van der Waals surface area contributed by atoms with Crippen LogP contribution in [0.3, 0.4) is 0 Å².